The number of halogens is 6. The van der Waals surface area contributed by atoms with Gasteiger partial charge in [-0.1, -0.05) is 0 Å². The molecule has 2 N–H and O–H groups in total. The van der Waals surface area contributed by atoms with Gasteiger partial charge in [0, 0.05) is 50.4 Å². The van der Waals surface area contributed by atoms with Crippen molar-refractivity contribution in [2.45, 2.75) is 0 Å². The normalized spacial score (nSPS) is 11.1. The third kappa shape index (κ3) is 5.29. The zero-order valence-electron chi connectivity index (χ0n) is 13.9. The van der Waals surface area contributed by atoms with E-state index in [1.54, 1.807) is 11.9 Å². The lowest BCUT2D eigenvalue weighted by atomic mass is 10.2. The third-order valence-electron chi connectivity index (χ3n) is 3.60. The van der Waals surface area contributed by atoms with Gasteiger partial charge in [-0.05, 0) is 7.05 Å². The smallest absolute Gasteiger partial charge is 0.152 e. The Balaban J connectivity index is 1.77. The van der Waals surface area contributed by atoms with Crippen LogP contribution in [0.4, 0.5) is 37.7 Å². The van der Waals surface area contributed by atoms with Crippen molar-refractivity contribution in [2.24, 2.45) is 0 Å². The van der Waals surface area contributed by atoms with Crippen LogP contribution in [0.1, 0.15) is 0 Å². The molecule has 0 aliphatic rings. The van der Waals surface area contributed by atoms with Gasteiger partial charge in [-0.25, -0.2) is 26.3 Å². The van der Waals surface area contributed by atoms with Gasteiger partial charge in [-0.15, -0.1) is 0 Å². The van der Waals surface area contributed by atoms with E-state index in [9.17, 15) is 26.3 Å². The molecule has 142 valence electrons. The predicted octanol–water partition coefficient (Wildman–Crippen LogP) is 3.98. The summed E-state index contributed by atoms with van der Waals surface area (Å²) in [5.41, 5.74) is -0.846. The van der Waals surface area contributed by atoms with Crippen LogP contribution in [0.25, 0.3) is 0 Å². The number of hydrogen-bond acceptors (Lipinski definition) is 3. The van der Waals surface area contributed by atoms with Gasteiger partial charge in [0.1, 0.15) is 23.0 Å². The maximum absolute atomic E-state index is 13.5. The zero-order valence-corrected chi connectivity index (χ0v) is 13.9. The van der Waals surface area contributed by atoms with Gasteiger partial charge >= 0.3 is 0 Å². The fourth-order valence-electron chi connectivity index (χ4n) is 2.28. The van der Waals surface area contributed by atoms with Crippen molar-refractivity contribution in [3.63, 3.8) is 0 Å². The molecule has 26 heavy (non-hydrogen) atoms. The van der Waals surface area contributed by atoms with Gasteiger partial charge in [-0.3, -0.25) is 0 Å². The molecule has 2 rings (SSSR count). The zero-order chi connectivity index (χ0) is 19.3. The van der Waals surface area contributed by atoms with Crippen LogP contribution in [0.15, 0.2) is 24.3 Å². The summed E-state index contributed by atoms with van der Waals surface area (Å²) >= 11 is 0. The molecule has 0 amide bonds. The summed E-state index contributed by atoms with van der Waals surface area (Å²) < 4.78 is 79.5. The Morgan fingerprint density at radius 3 is 1.27 bits per heavy atom. The Bertz CT molecular complexity index is 659. The average Bonchev–Trinajstić information content (AvgIpc) is 2.52. The van der Waals surface area contributed by atoms with Crippen LogP contribution in [-0.4, -0.2) is 38.1 Å². The van der Waals surface area contributed by atoms with E-state index in [2.05, 4.69) is 10.6 Å². The van der Waals surface area contributed by atoms with Gasteiger partial charge in [0.15, 0.2) is 23.3 Å². The molecule has 9 heteroatoms. The molecule has 0 aromatic heterocycles. The van der Waals surface area contributed by atoms with Crippen LogP contribution < -0.4 is 10.6 Å². The first-order valence-electron chi connectivity index (χ1n) is 7.73. The van der Waals surface area contributed by atoms with Crippen LogP contribution in [-0.2, 0) is 0 Å². The Hall–Kier alpha value is -2.42. The van der Waals surface area contributed by atoms with Crippen LogP contribution in [0, 0.1) is 34.9 Å². The van der Waals surface area contributed by atoms with E-state index in [1.165, 1.54) is 0 Å². The summed E-state index contributed by atoms with van der Waals surface area (Å²) in [4.78, 5) is 1.73. The molecule has 2 aromatic carbocycles. The van der Waals surface area contributed by atoms with E-state index in [1.807, 2.05) is 0 Å². The van der Waals surface area contributed by atoms with E-state index in [4.69, 9.17) is 0 Å². The molecular formula is C17H17F6N3. The number of anilines is 2. The maximum atomic E-state index is 13.5. The fraction of sp³-hybridized carbons (Fsp3) is 0.294. The lowest BCUT2D eigenvalue weighted by Gasteiger charge is -2.18. The van der Waals surface area contributed by atoms with E-state index in [-0.39, 0.29) is 13.1 Å². The van der Waals surface area contributed by atoms with Crippen LogP contribution in [0.5, 0.6) is 0 Å². The number of likely N-dealkylation sites (N-methyl/N-ethyl adjacent to an activating group) is 1. The second kappa shape index (κ2) is 8.79. The Kier molecular flexibility index (Phi) is 6.73. The SMILES string of the molecule is CN(CCNc1c(F)cc(F)cc1F)CCNc1c(F)cc(F)cc1F. The van der Waals surface area contributed by atoms with Crippen molar-refractivity contribution in [2.75, 3.05) is 43.9 Å². The quantitative estimate of drug-likeness (QED) is 0.682. The minimum atomic E-state index is -1.03. The Morgan fingerprint density at radius 2 is 0.962 bits per heavy atom. The second-order valence-electron chi connectivity index (χ2n) is 5.65. The van der Waals surface area contributed by atoms with Crippen molar-refractivity contribution in [3.05, 3.63) is 59.2 Å². The maximum Gasteiger partial charge on any atom is 0.152 e. The van der Waals surface area contributed by atoms with Gasteiger partial charge in [-0.2, -0.15) is 0 Å². The van der Waals surface area contributed by atoms with E-state index < -0.39 is 46.3 Å². The number of rotatable bonds is 8. The van der Waals surface area contributed by atoms with Crippen LogP contribution >= 0.6 is 0 Å². The van der Waals surface area contributed by atoms with Gasteiger partial charge < -0.3 is 15.5 Å². The summed E-state index contributed by atoms with van der Waals surface area (Å²) in [5.74, 6) is -6.14. The highest BCUT2D eigenvalue weighted by molar-refractivity contribution is 5.47. The van der Waals surface area contributed by atoms with E-state index in [0.29, 0.717) is 37.4 Å². The Labute approximate surface area is 146 Å². The lowest BCUT2D eigenvalue weighted by Crippen LogP contribution is -2.30. The Morgan fingerprint density at radius 1 is 0.654 bits per heavy atom. The number of benzene rings is 2. The molecule has 0 aliphatic heterocycles. The summed E-state index contributed by atoms with van der Waals surface area (Å²) in [7, 11) is 1.69. The molecule has 0 bridgehead atoms. The van der Waals surface area contributed by atoms with Crippen molar-refractivity contribution < 1.29 is 26.3 Å². The van der Waals surface area contributed by atoms with Crippen molar-refractivity contribution >= 4 is 11.4 Å². The molecule has 3 nitrogen and oxygen atoms in total. The topological polar surface area (TPSA) is 27.3 Å². The highest BCUT2D eigenvalue weighted by atomic mass is 19.2. The molecule has 0 saturated carbocycles. The second-order valence-corrected chi connectivity index (χ2v) is 5.65. The molecule has 0 heterocycles. The van der Waals surface area contributed by atoms with Gasteiger partial charge in [0.05, 0.1) is 0 Å². The number of hydrogen-bond donors (Lipinski definition) is 2. The molecule has 0 atom stereocenters. The summed E-state index contributed by atoms with van der Waals surface area (Å²) in [6.45, 7) is 1.03. The van der Waals surface area contributed by atoms with Gasteiger partial charge in [0.2, 0.25) is 0 Å². The molecule has 0 spiro atoms. The molecule has 0 radical (unpaired) electrons. The summed E-state index contributed by atoms with van der Waals surface area (Å²) in [5, 5.41) is 5.06. The third-order valence-corrected chi connectivity index (χ3v) is 3.60. The van der Waals surface area contributed by atoms with Crippen LogP contribution in [0.2, 0.25) is 0 Å². The van der Waals surface area contributed by atoms with E-state index >= 15 is 0 Å². The van der Waals surface area contributed by atoms with Crippen molar-refractivity contribution in [3.8, 4) is 0 Å². The monoisotopic (exact) mass is 377 g/mol. The molecular weight excluding hydrogens is 360 g/mol. The number of nitrogens with zero attached hydrogens (tertiary/aromatic N) is 1. The summed E-state index contributed by atoms with van der Waals surface area (Å²) in [6, 6.07) is 2.30. The predicted molar refractivity (Wildman–Crippen MR) is 87.1 cm³/mol. The minimum absolute atomic E-state index is 0.162. The highest BCUT2D eigenvalue weighted by Crippen LogP contribution is 2.20. The molecule has 0 fully saturated rings. The molecule has 0 aliphatic carbocycles. The fourth-order valence-corrected chi connectivity index (χ4v) is 2.28. The molecule has 2 aromatic rings. The minimum Gasteiger partial charge on any atom is -0.379 e. The highest BCUT2D eigenvalue weighted by Gasteiger charge is 2.12. The average molecular weight is 377 g/mol. The van der Waals surface area contributed by atoms with Crippen molar-refractivity contribution in [1.29, 1.82) is 0 Å². The lowest BCUT2D eigenvalue weighted by molar-refractivity contribution is 0.360. The standard InChI is InChI=1S/C17H17F6N3/c1-26(4-2-24-16-12(20)6-10(18)7-13(16)21)5-3-25-17-14(22)8-11(19)9-15(17)23/h6-9,24-25H,2-5H2,1H3. The number of nitrogens with one attached hydrogen (secondary N) is 2. The van der Waals surface area contributed by atoms with Gasteiger partial charge in [0.25, 0.3) is 0 Å². The first-order chi connectivity index (χ1) is 12.3. The molecule has 0 unspecified atom stereocenters. The summed E-state index contributed by atoms with van der Waals surface area (Å²) in [6.07, 6.45) is 0. The largest absolute Gasteiger partial charge is 0.379 e. The molecule has 0 saturated heterocycles. The van der Waals surface area contributed by atoms with Crippen LogP contribution in [0.3, 0.4) is 0 Å². The van der Waals surface area contributed by atoms with E-state index in [0.717, 1.165) is 0 Å². The first-order valence-corrected chi connectivity index (χ1v) is 7.73. The first kappa shape index (κ1) is 19.9. The van der Waals surface area contributed by atoms with Crippen molar-refractivity contribution in [1.82, 2.24) is 4.90 Å².